The summed E-state index contributed by atoms with van der Waals surface area (Å²) in [6.45, 7) is 4.30. The molecule has 0 spiro atoms. The first kappa shape index (κ1) is 14.4. The molecule has 0 saturated carbocycles. The molecule has 0 aromatic heterocycles. The maximum Gasteiger partial charge on any atom is 0.222 e. The summed E-state index contributed by atoms with van der Waals surface area (Å²) in [6.07, 6.45) is 11.0. The van der Waals surface area contributed by atoms with Gasteiger partial charge in [-0.15, -0.1) is 0 Å². The van der Waals surface area contributed by atoms with Crippen molar-refractivity contribution in [2.45, 2.75) is 76.8 Å². The fourth-order valence-electron chi connectivity index (χ4n) is 4.65. The van der Waals surface area contributed by atoms with Crippen LogP contribution in [0.15, 0.2) is 0 Å². The van der Waals surface area contributed by atoms with E-state index in [-0.39, 0.29) is 0 Å². The molecular formula is C17H30N2O. The Balaban J connectivity index is 1.48. The Morgan fingerprint density at radius 1 is 1.15 bits per heavy atom. The molecule has 3 nitrogen and oxygen atoms in total. The molecule has 3 heterocycles. The van der Waals surface area contributed by atoms with Crippen molar-refractivity contribution in [1.29, 1.82) is 0 Å². The van der Waals surface area contributed by atoms with Gasteiger partial charge < -0.3 is 10.2 Å². The lowest BCUT2D eigenvalue weighted by Crippen LogP contribution is -2.43. The van der Waals surface area contributed by atoms with Crippen LogP contribution in [-0.2, 0) is 4.79 Å². The van der Waals surface area contributed by atoms with Crippen LogP contribution in [-0.4, -0.2) is 36.0 Å². The first-order valence-electron chi connectivity index (χ1n) is 8.78. The predicted molar refractivity (Wildman–Crippen MR) is 81.5 cm³/mol. The van der Waals surface area contributed by atoms with Crippen molar-refractivity contribution < 1.29 is 4.79 Å². The van der Waals surface area contributed by atoms with E-state index in [4.69, 9.17) is 0 Å². The van der Waals surface area contributed by atoms with Gasteiger partial charge in [-0.05, 0) is 56.8 Å². The lowest BCUT2D eigenvalue weighted by Gasteiger charge is -2.35. The van der Waals surface area contributed by atoms with Crippen molar-refractivity contribution in [3.05, 3.63) is 0 Å². The van der Waals surface area contributed by atoms with Crippen LogP contribution in [0.1, 0.15) is 64.7 Å². The summed E-state index contributed by atoms with van der Waals surface area (Å²) >= 11 is 0. The highest BCUT2D eigenvalue weighted by atomic mass is 16.2. The van der Waals surface area contributed by atoms with E-state index in [1.165, 1.54) is 51.4 Å². The summed E-state index contributed by atoms with van der Waals surface area (Å²) in [5.41, 5.74) is 0. The normalized spacial score (nSPS) is 37.1. The van der Waals surface area contributed by atoms with E-state index in [0.29, 0.717) is 23.9 Å². The summed E-state index contributed by atoms with van der Waals surface area (Å²) < 4.78 is 0. The van der Waals surface area contributed by atoms with Gasteiger partial charge in [-0.1, -0.05) is 13.3 Å². The zero-order valence-electron chi connectivity index (χ0n) is 12.9. The molecule has 114 valence electrons. The first-order chi connectivity index (χ1) is 9.74. The number of rotatable bonds is 4. The predicted octanol–water partition coefficient (Wildman–Crippen LogP) is 2.95. The number of nitrogens with zero attached hydrogens (tertiary/aromatic N) is 1. The van der Waals surface area contributed by atoms with Gasteiger partial charge in [0.2, 0.25) is 5.91 Å². The molecule has 0 aliphatic carbocycles. The minimum Gasteiger partial charge on any atom is -0.342 e. The summed E-state index contributed by atoms with van der Waals surface area (Å²) in [5.74, 6) is 1.85. The molecule has 0 aromatic carbocycles. The van der Waals surface area contributed by atoms with Gasteiger partial charge in [0.05, 0.1) is 0 Å². The Hall–Kier alpha value is -0.570. The third-order valence-corrected chi connectivity index (χ3v) is 5.60. The van der Waals surface area contributed by atoms with Gasteiger partial charge in [0.25, 0.3) is 0 Å². The second-order valence-corrected chi connectivity index (χ2v) is 7.32. The molecule has 3 unspecified atom stereocenters. The maximum atomic E-state index is 12.6. The Morgan fingerprint density at radius 3 is 2.60 bits per heavy atom. The van der Waals surface area contributed by atoms with E-state index in [9.17, 15) is 4.79 Å². The number of hydrogen-bond donors (Lipinski definition) is 1. The minimum absolute atomic E-state index is 0.442. The van der Waals surface area contributed by atoms with Gasteiger partial charge in [-0.3, -0.25) is 4.79 Å². The molecular weight excluding hydrogens is 248 g/mol. The van der Waals surface area contributed by atoms with Crippen LogP contribution in [0.3, 0.4) is 0 Å². The number of piperidine rings is 2. The minimum atomic E-state index is 0.442. The van der Waals surface area contributed by atoms with Crippen LogP contribution in [0.4, 0.5) is 0 Å². The summed E-state index contributed by atoms with van der Waals surface area (Å²) in [7, 11) is 0. The van der Waals surface area contributed by atoms with Crippen LogP contribution in [0, 0.1) is 11.8 Å². The topological polar surface area (TPSA) is 32.3 Å². The van der Waals surface area contributed by atoms with Crippen LogP contribution in [0.2, 0.25) is 0 Å². The average Bonchev–Trinajstić information content (AvgIpc) is 2.79. The molecule has 20 heavy (non-hydrogen) atoms. The number of hydrogen-bond acceptors (Lipinski definition) is 2. The number of amides is 1. The molecule has 0 aromatic rings. The van der Waals surface area contributed by atoms with Crippen molar-refractivity contribution >= 4 is 5.91 Å². The third-order valence-electron chi connectivity index (χ3n) is 5.60. The Morgan fingerprint density at radius 2 is 1.90 bits per heavy atom. The van der Waals surface area contributed by atoms with E-state index in [2.05, 4.69) is 17.1 Å². The van der Waals surface area contributed by atoms with E-state index >= 15 is 0 Å². The van der Waals surface area contributed by atoms with Crippen LogP contribution in [0.5, 0.6) is 0 Å². The molecule has 3 heteroatoms. The average molecular weight is 278 g/mol. The molecule has 3 saturated heterocycles. The van der Waals surface area contributed by atoms with E-state index in [1.54, 1.807) is 0 Å². The van der Waals surface area contributed by atoms with E-state index < -0.39 is 0 Å². The van der Waals surface area contributed by atoms with Gasteiger partial charge >= 0.3 is 0 Å². The van der Waals surface area contributed by atoms with Crippen LogP contribution >= 0.6 is 0 Å². The zero-order chi connectivity index (χ0) is 13.9. The van der Waals surface area contributed by atoms with Crippen LogP contribution < -0.4 is 5.32 Å². The largest absolute Gasteiger partial charge is 0.342 e. The Kier molecular flexibility index (Phi) is 4.65. The third kappa shape index (κ3) is 3.36. The van der Waals surface area contributed by atoms with Crippen molar-refractivity contribution in [3.8, 4) is 0 Å². The number of nitrogens with one attached hydrogen (secondary N) is 1. The smallest absolute Gasteiger partial charge is 0.222 e. The van der Waals surface area contributed by atoms with Crippen molar-refractivity contribution in [3.63, 3.8) is 0 Å². The highest BCUT2D eigenvalue weighted by molar-refractivity contribution is 5.76. The van der Waals surface area contributed by atoms with E-state index in [1.807, 2.05) is 0 Å². The number of likely N-dealkylation sites (tertiary alicyclic amines) is 1. The molecule has 0 radical (unpaired) electrons. The lowest BCUT2D eigenvalue weighted by molar-refractivity contribution is -0.134. The van der Waals surface area contributed by atoms with Gasteiger partial charge in [0, 0.05) is 31.6 Å². The Labute approximate surface area is 123 Å². The lowest BCUT2D eigenvalue weighted by atomic mass is 9.88. The number of fused-ring (bicyclic) bond motifs is 2. The maximum absolute atomic E-state index is 12.6. The fourth-order valence-corrected chi connectivity index (χ4v) is 4.65. The van der Waals surface area contributed by atoms with E-state index in [0.717, 1.165) is 25.4 Å². The summed E-state index contributed by atoms with van der Waals surface area (Å²) in [6, 6.07) is 1.42. The van der Waals surface area contributed by atoms with Crippen molar-refractivity contribution in [2.75, 3.05) is 13.1 Å². The molecule has 3 atom stereocenters. The van der Waals surface area contributed by atoms with Crippen LogP contribution in [0.25, 0.3) is 0 Å². The summed E-state index contributed by atoms with van der Waals surface area (Å²) in [5, 5.41) is 3.67. The number of carbonyl (C=O) groups is 1. The highest BCUT2D eigenvalue weighted by Crippen LogP contribution is 2.33. The van der Waals surface area contributed by atoms with Gasteiger partial charge in [-0.2, -0.15) is 0 Å². The zero-order valence-corrected chi connectivity index (χ0v) is 12.9. The quantitative estimate of drug-likeness (QED) is 0.857. The summed E-state index contributed by atoms with van der Waals surface area (Å²) in [4.78, 5) is 14.7. The molecule has 3 rings (SSSR count). The Bertz CT molecular complexity index is 330. The molecule has 3 aliphatic heterocycles. The van der Waals surface area contributed by atoms with Crippen molar-refractivity contribution in [1.82, 2.24) is 10.2 Å². The number of carbonyl (C=O) groups excluding carboxylic acids is 1. The van der Waals surface area contributed by atoms with Gasteiger partial charge in [0.15, 0.2) is 0 Å². The highest BCUT2D eigenvalue weighted by Gasteiger charge is 2.35. The second kappa shape index (κ2) is 6.46. The molecule has 1 N–H and O–H groups in total. The molecule has 3 aliphatic rings. The molecule has 3 fully saturated rings. The molecule has 2 bridgehead atoms. The van der Waals surface area contributed by atoms with Gasteiger partial charge in [-0.25, -0.2) is 0 Å². The SMILES string of the molecule is CCCC1CCCN(C(=O)CC2CC3CCC(C2)N3)C1. The van der Waals surface area contributed by atoms with Crippen molar-refractivity contribution in [2.24, 2.45) is 11.8 Å². The first-order valence-corrected chi connectivity index (χ1v) is 8.78. The molecule has 1 amide bonds. The standard InChI is InChI=1S/C17H30N2O/c1-2-4-13-5-3-8-19(12-13)17(20)11-14-9-15-6-7-16(10-14)18-15/h13-16,18H,2-12H2,1H3. The fraction of sp³-hybridized carbons (Fsp3) is 0.941. The monoisotopic (exact) mass is 278 g/mol. The second-order valence-electron chi connectivity index (χ2n) is 7.32. The van der Waals surface area contributed by atoms with Gasteiger partial charge in [0.1, 0.15) is 0 Å².